The second-order valence-electron chi connectivity index (χ2n) is 5.14. The Morgan fingerprint density at radius 1 is 0.955 bits per heavy atom. The Hall–Kier alpha value is -2.68. The molecule has 3 nitrogen and oxygen atoms in total. The molecule has 0 saturated carbocycles. The van der Waals surface area contributed by atoms with Crippen LogP contribution in [0.1, 0.15) is 6.92 Å². The van der Waals surface area contributed by atoms with E-state index in [1.165, 1.54) is 11.1 Å². The Labute approximate surface area is 131 Å². The fourth-order valence-corrected chi connectivity index (χ4v) is 2.47. The van der Waals surface area contributed by atoms with Gasteiger partial charge in [-0.25, -0.2) is 0 Å². The van der Waals surface area contributed by atoms with Gasteiger partial charge in [-0.05, 0) is 36.8 Å². The Morgan fingerprint density at radius 3 is 2.32 bits per heavy atom. The first-order chi connectivity index (χ1) is 10.8. The number of aryl methyl sites for hydroxylation is 1. The fraction of sp³-hybridized carbons (Fsp3) is 0.158. The largest absolute Gasteiger partial charge is 0.497 e. The van der Waals surface area contributed by atoms with Gasteiger partial charge in [0.25, 0.3) is 0 Å². The fourth-order valence-electron chi connectivity index (χ4n) is 2.47. The summed E-state index contributed by atoms with van der Waals surface area (Å²) in [5.41, 5.74) is 4.58. The van der Waals surface area contributed by atoms with Crippen molar-refractivity contribution in [1.29, 1.82) is 0 Å². The first-order valence-electron chi connectivity index (χ1n) is 7.46. The van der Waals surface area contributed by atoms with Crippen molar-refractivity contribution >= 4 is 11.4 Å². The average molecular weight is 292 g/mol. The van der Waals surface area contributed by atoms with Gasteiger partial charge in [-0.3, -0.25) is 0 Å². The van der Waals surface area contributed by atoms with Crippen molar-refractivity contribution in [3.05, 3.63) is 67.0 Å². The van der Waals surface area contributed by atoms with E-state index in [4.69, 9.17) is 4.74 Å². The van der Waals surface area contributed by atoms with E-state index in [0.29, 0.717) is 0 Å². The van der Waals surface area contributed by atoms with Crippen molar-refractivity contribution < 1.29 is 4.74 Å². The van der Waals surface area contributed by atoms with Crippen LogP contribution in [0.3, 0.4) is 0 Å². The van der Waals surface area contributed by atoms with Crippen LogP contribution in [0.25, 0.3) is 11.1 Å². The summed E-state index contributed by atoms with van der Waals surface area (Å²) in [6.07, 6.45) is 4.33. The van der Waals surface area contributed by atoms with Crippen molar-refractivity contribution in [1.82, 2.24) is 4.57 Å². The molecule has 0 spiro atoms. The zero-order valence-corrected chi connectivity index (χ0v) is 12.9. The van der Waals surface area contributed by atoms with Gasteiger partial charge < -0.3 is 14.6 Å². The molecule has 2 aromatic carbocycles. The molecule has 112 valence electrons. The molecule has 1 N–H and O–H groups in total. The number of hydrogen-bond acceptors (Lipinski definition) is 2. The highest BCUT2D eigenvalue weighted by Crippen LogP contribution is 2.31. The number of aromatic nitrogens is 1. The van der Waals surface area contributed by atoms with Gasteiger partial charge in [0, 0.05) is 30.2 Å². The third-order valence-electron chi connectivity index (χ3n) is 3.70. The molecule has 3 heteroatoms. The average Bonchev–Trinajstić information content (AvgIpc) is 2.99. The van der Waals surface area contributed by atoms with Crippen LogP contribution in [0.4, 0.5) is 11.4 Å². The summed E-state index contributed by atoms with van der Waals surface area (Å²) in [6, 6.07) is 18.4. The molecule has 0 aliphatic carbocycles. The minimum absolute atomic E-state index is 0.861. The van der Waals surface area contributed by atoms with Gasteiger partial charge in [0.1, 0.15) is 5.75 Å². The highest BCUT2D eigenvalue weighted by atomic mass is 16.5. The summed E-state index contributed by atoms with van der Waals surface area (Å²) in [6.45, 7) is 3.09. The minimum Gasteiger partial charge on any atom is -0.497 e. The summed E-state index contributed by atoms with van der Waals surface area (Å²) in [7, 11) is 1.68. The number of methoxy groups -OCH3 is 1. The summed E-state index contributed by atoms with van der Waals surface area (Å²) in [5, 5.41) is 3.50. The number of ether oxygens (including phenoxy) is 1. The predicted octanol–water partition coefficient (Wildman–Crippen LogP) is 4.93. The highest BCUT2D eigenvalue weighted by molar-refractivity contribution is 5.80. The number of benzene rings is 2. The van der Waals surface area contributed by atoms with Crippen molar-refractivity contribution in [2.24, 2.45) is 0 Å². The maximum Gasteiger partial charge on any atom is 0.119 e. The lowest BCUT2D eigenvalue weighted by atomic mass is 10.1. The SMILES string of the molecule is CCn1cc(Nc2ccc(OC)cc2)c(-c2ccccc2)c1. The van der Waals surface area contributed by atoms with Gasteiger partial charge in [-0.1, -0.05) is 30.3 Å². The Balaban J connectivity index is 1.93. The molecule has 0 aliphatic heterocycles. The standard InChI is InChI=1S/C19H20N2O/c1-3-21-13-18(15-7-5-4-6-8-15)19(14-21)20-16-9-11-17(22-2)12-10-16/h4-14,20H,3H2,1-2H3. The molecule has 0 bridgehead atoms. The zero-order valence-electron chi connectivity index (χ0n) is 12.9. The summed E-state index contributed by atoms with van der Waals surface area (Å²) in [5.74, 6) is 0.861. The maximum absolute atomic E-state index is 5.20. The van der Waals surface area contributed by atoms with Gasteiger partial charge in [0.15, 0.2) is 0 Å². The smallest absolute Gasteiger partial charge is 0.119 e. The third kappa shape index (κ3) is 2.98. The summed E-state index contributed by atoms with van der Waals surface area (Å²) < 4.78 is 7.39. The highest BCUT2D eigenvalue weighted by Gasteiger charge is 2.09. The molecule has 0 fully saturated rings. The van der Waals surface area contributed by atoms with E-state index in [2.05, 4.69) is 53.5 Å². The lowest BCUT2D eigenvalue weighted by Crippen LogP contribution is -1.91. The molecule has 0 aliphatic rings. The van der Waals surface area contributed by atoms with Gasteiger partial charge >= 0.3 is 0 Å². The van der Waals surface area contributed by atoms with Crippen LogP contribution in [0, 0.1) is 0 Å². The normalized spacial score (nSPS) is 10.5. The van der Waals surface area contributed by atoms with Crippen LogP contribution in [-0.2, 0) is 6.54 Å². The molecule has 0 saturated heterocycles. The van der Waals surface area contributed by atoms with Crippen molar-refractivity contribution in [3.8, 4) is 16.9 Å². The van der Waals surface area contributed by atoms with Crippen molar-refractivity contribution in [2.45, 2.75) is 13.5 Å². The Morgan fingerprint density at radius 2 is 1.68 bits per heavy atom. The van der Waals surface area contributed by atoms with Crippen molar-refractivity contribution in [2.75, 3.05) is 12.4 Å². The predicted molar refractivity (Wildman–Crippen MR) is 91.8 cm³/mol. The third-order valence-corrected chi connectivity index (χ3v) is 3.70. The summed E-state index contributed by atoms with van der Waals surface area (Å²) in [4.78, 5) is 0. The molecule has 0 amide bonds. The molecule has 0 unspecified atom stereocenters. The molecule has 3 aromatic rings. The van der Waals surface area contributed by atoms with Crippen LogP contribution in [0.2, 0.25) is 0 Å². The molecular formula is C19H20N2O. The van der Waals surface area contributed by atoms with Gasteiger partial charge in [-0.2, -0.15) is 0 Å². The van der Waals surface area contributed by atoms with Gasteiger partial charge in [0.05, 0.1) is 12.8 Å². The van der Waals surface area contributed by atoms with Crippen LogP contribution in [0.15, 0.2) is 67.0 Å². The molecule has 1 heterocycles. The number of nitrogens with one attached hydrogen (secondary N) is 1. The maximum atomic E-state index is 5.20. The first-order valence-corrected chi connectivity index (χ1v) is 7.46. The van der Waals surface area contributed by atoms with Crippen LogP contribution >= 0.6 is 0 Å². The van der Waals surface area contributed by atoms with Gasteiger partial charge in [0.2, 0.25) is 0 Å². The number of hydrogen-bond donors (Lipinski definition) is 1. The van der Waals surface area contributed by atoms with Gasteiger partial charge in [-0.15, -0.1) is 0 Å². The molecular weight excluding hydrogens is 272 g/mol. The Kier molecular flexibility index (Phi) is 4.15. The lowest BCUT2D eigenvalue weighted by molar-refractivity contribution is 0.415. The van der Waals surface area contributed by atoms with Crippen molar-refractivity contribution in [3.63, 3.8) is 0 Å². The number of rotatable bonds is 5. The monoisotopic (exact) mass is 292 g/mol. The quantitative estimate of drug-likeness (QED) is 0.722. The van der Waals surface area contributed by atoms with E-state index >= 15 is 0 Å². The van der Waals surface area contributed by atoms with Crippen LogP contribution < -0.4 is 10.1 Å². The minimum atomic E-state index is 0.861. The topological polar surface area (TPSA) is 26.2 Å². The second kappa shape index (κ2) is 6.39. The number of anilines is 2. The van der Waals surface area contributed by atoms with E-state index in [1.54, 1.807) is 7.11 Å². The lowest BCUT2D eigenvalue weighted by Gasteiger charge is -2.08. The molecule has 1 aromatic heterocycles. The Bertz CT molecular complexity index is 730. The van der Waals surface area contributed by atoms with E-state index < -0.39 is 0 Å². The van der Waals surface area contributed by atoms with Crippen LogP contribution in [-0.4, -0.2) is 11.7 Å². The van der Waals surface area contributed by atoms with E-state index in [1.807, 2.05) is 30.3 Å². The first kappa shape index (κ1) is 14.3. The molecule has 3 rings (SSSR count). The zero-order chi connectivity index (χ0) is 15.4. The second-order valence-corrected chi connectivity index (χ2v) is 5.14. The van der Waals surface area contributed by atoms with E-state index in [0.717, 1.165) is 23.7 Å². The molecule has 0 radical (unpaired) electrons. The van der Waals surface area contributed by atoms with Crippen LogP contribution in [0.5, 0.6) is 5.75 Å². The van der Waals surface area contributed by atoms with E-state index in [9.17, 15) is 0 Å². The molecule has 22 heavy (non-hydrogen) atoms. The molecule has 0 atom stereocenters. The summed E-state index contributed by atoms with van der Waals surface area (Å²) >= 11 is 0. The van der Waals surface area contributed by atoms with E-state index in [-0.39, 0.29) is 0 Å². The number of nitrogens with zero attached hydrogens (tertiary/aromatic N) is 1.